The molecule has 19 heavy (non-hydrogen) atoms. The Morgan fingerprint density at radius 3 is 2.53 bits per heavy atom. The summed E-state index contributed by atoms with van der Waals surface area (Å²) < 4.78 is 0. The van der Waals surface area contributed by atoms with E-state index in [0.717, 1.165) is 23.0 Å². The smallest absolute Gasteiger partial charge is 0.0631 e. The first-order valence-electron chi connectivity index (χ1n) is 6.74. The number of benzene rings is 1. The Bertz CT molecular complexity index is 396. The third kappa shape index (κ3) is 5.74. The summed E-state index contributed by atoms with van der Waals surface area (Å²) >= 11 is 7.93. The van der Waals surface area contributed by atoms with Crippen LogP contribution in [0.2, 0.25) is 5.02 Å². The number of halogens is 1. The maximum Gasteiger partial charge on any atom is 0.0631 e. The van der Waals surface area contributed by atoms with Crippen LogP contribution in [0.15, 0.2) is 23.1 Å². The Hall–Kier alpha value is -0.220. The van der Waals surface area contributed by atoms with Crippen LogP contribution in [0.5, 0.6) is 0 Å². The summed E-state index contributed by atoms with van der Waals surface area (Å²) in [5.41, 5.74) is 1.20. The predicted octanol–water partition coefficient (Wildman–Crippen LogP) is 3.95. The average Bonchev–Trinajstić information content (AvgIpc) is 2.32. The maximum absolute atomic E-state index is 9.63. The topological polar surface area (TPSA) is 32.3 Å². The normalized spacial score (nSPS) is 14.7. The number of thioether (sulfide) groups is 1. The zero-order chi connectivity index (χ0) is 14.4. The summed E-state index contributed by atoms with van der Waals surface area (Å²) in [5.74, 6) is 0.631. The molecule has 0 fully saturated rings. The van der Waals surface area contributed by atoms with E-state index in [9.17, 15) is 5.11 Å². The Balaban J connectivity index is 2.77. The molecule has 108 valence electrons. The highest BCUT2D eigenvalue weighted by Crippen LogP contribution is 2.34. The van der Waals surface area contributed by atoms with Gasteiger partial charge in [-0.25, -0.2) is 0 Å². The van der Waals surface area contributed by atoms with Crippen molar-refractivity contribution in [2.75, 3.05) is 6.54 Å². The number of hydrogen-bond donors (Lipinski definition) is 2. The zero-order valence-corrected chi connectivity index (χ0v) is 13.7. The molecular formula is C15H24ClNOS. The molecule has 4 heteroatoms. The molecule has 1 rings (SSSR count). The fourth-order valence-electron chi connectivity index (χ4n) is 1.60. The first-order chi connectivity index (χ1) is 8.91. The fourth-order valence-corrected chi connectivity index (χ4v) is 2.97. The van der Waals surface area contributed by atoms with Crippen LogP contribution in [0.3, 0.4) is 0 Å². The van der Waals surface area contributed by atoms with Gasteiger partial charge in [0.25, 0.3) is 0 Å². The van der Waals surface area contributed by atoms with Crippen molar-refractivity contribution in [1.82, 2.24) is 5.32 Å². The average molecular weight is 302 g/mol. The molecule has 2 nitrogen and oxygen atoms in total. The van der Waals surface area contributed by atoms with Crippen LogP contribution in [-0.2, 0) is 6.54 Å². The van der Waals surface area contributed by atoms with Gasteiger partial charge in [-0.05, 0) is 31.0 Å². The van der Waals surface area contributed by atoms with E-state index in [4.69, 9.17) is 11.6 Å². The SMILES string of the molecule is CC(C)CNCc1cccc(Cl)c1SC(C)C(C)O. The van der Waals surface area contributed by atoms with Gasteiger partial charge in [0, 0.05) is 16.7 Å². The molecule has 2 unspecified atom stereocenters. The first-order valence-corrected chi connectivity index (χ1v) is 8.00. The van der Waals surface area contributed by atoms with Crippen molar-refractivity contribution in [2.24, 2.45) is 5.92 Å². The van der Waals surface area contributed by atoms with Crippen LogP contribution in [-0.4, -0.2) is 23.0 Å². The standard InChI is InChI=1S/C15H24ClNOS/c1-10(2)8-17-9-13-6-5-7-14(16)15(13)19-12(4)11(3)18/h5-7,10-12,17-18H,8-9H2,1-4H3. The minimum Gasteiger partial charge on any atom is -0.392 e. The number of hydrogen-bond acceptors (Lipinski definition) is 3. The molecule has 0 aliphatic heterocycles. The molecule has 0 radical (unpaired) electrons. The van der Waals surface area contributed by atoms with Gasteiger partial charge in [-0.3, -0.25) is 0 Å². The molecular weight excluding hydrogens is 278 g/mol. The van der Waals surface area contributed by atoms with Crippen LogP contribution in [0.1, 0.15) is 33.3 Å². The lowest BCUT2D eigenvalue weighted by Crippen LogP contribution is -2.20. The highest BCUT2D eigenvalue weighted by atomic mass is 35.5. The third-order valence-corrected chi connectivity index (χ3v) is 4.81. The summed E-state index contributed by atoms with van der Waals surface area (Å²) in [6.45, 7) is 10.0. The highest BCUT2D eigenvalue weighted by molar-refractivity contribution is 8.00. The lowest BCUT2D eigenvalue weighted by molar-refractivity contribution is 0.196. The van der Waals surface area contributed by atoms with E-state index in [0.29, 0.717) is 5.92 Å². The molecule has 0 saturated carbocycles. The van der Waals surface area contributed by atoms with Crippen molar-refractivity contribution in [2.45, 2.75) is 50.5 Å². The summed E-state index contributed by atoms with van der Waals surface area (Å²) in [6.07, 6.45) is -0.349. The van der Waals surface area contributed by atoms with Crippen LogP contribution >= 0.6 is 23.4 Å². The van der Waals surface area contributed by atoms with E-state index in [-0.39, 0.29) is 11.4 Å². The monoisotopic (exact) mass is 301 g/mol. The molecule has 0 saturated heterocycles. The number of aliphatic hydroxyl groups excluding tert-OH is 1. The van der Waals surface area contributed by atoms with Gasteiger partial charge in [0.2, 0.25) is 0 Å². The van der Waals surface area contributed by atoms with Gasteiger partial charge in [0.05, 0.1) is 11.1 Å². The van der Waals surface area contributed by atoms with Crippen molar-refractivity contribution < 1.29 is 5.11 Å². The summed E-state index contributed by atoms with van der Waals surface area (Å²) in [6, 6.07) is 5.98. The molecule has 0 aromatic heterocycles. The molecule has 0 spiro atoms. The van der Waals surface area contributed by atoms with Crippen molar-refractivity contribution in [3.05, 3.63) is 28.8 Å². The van der Waals surface area contributed by atoms with E-state index < -0.39 is 0 Å². The Kier molecular flexibility index (Phi) is 7.22. The van der Waals surface area contributed by atoms with Gasteiger partial charge in [0.15, 0.2) is 0 Å². The summed E-state index contributed by atoms with van der Waals surface area (Å²) in [7, 11) is 0. The minimum atomic E-state index is -0.349. The van der Waals surface area contributed by atoms with Gasteiger partial charge in [-0.1, -0.05) is 44.5 Å². The van der Waals surface area contributed by atoms with E-state index in [2.05, 4.69) is 25.2 Å². The highest BCUT2D eigenvalue weighted by Gasteiger charge is 2.15. The van der Waals surface area contributed by atoms with E-state index in [1.54, 1.807) is 11.8 Å². The number of nitrogens with one attached hydrogen (secondary N) is 1. The second kappa shape index (κ2) is 8.15. The number of aliphatic hydroxyl groups is 1. The fraction of sp³-hybridized carbons (Fsp3) is 0.600. The quantitative estimate of drug-likeness (QED) is 0.748. The lowest BCUT2D eigenvalue weighted by atomic mass is 10.2. The second-order valence-corrected chi connectivity index (χ2v) is 7.11. The van der Waals surface area contributed by atoms with Crippen molar-refractivity contribution in [1.29, 1.82) is 0 Å². The predicted molar refractivity (Wildman–Crippen MR) is 85.0 cm³/mol. The maximum atomic E-state index is 9.63. The molecule has 2 atom stereocenters. The molecule has 2 N–H and O–H groups in total. The lowest BCUT2D eigenvalue weighted by Gasteiger charge is -2.18. The molecule has 0 amide bonds. The van der Waals surface area contributed by atoms with Gasteiger partial charge < -0.3 is 10.4 Å². The van der Waals surface area contributed by atoms with E-state index >= 15 is 0 Å². The molecule has 1 aromatic rings. The van der Waals surface area contributed by atoms with Crippen LogP contribution in [0.25, 0.3) is 0 Å². The van der Waals surface area contributed by atoms with Crippen molar-refractivity contribution in [3.8, 4) is 0 Å². The molecule has 0 aliphatic rings. The van der Waals surface area contributed by atoms with Crippen LogP contribution in [0.4, 0.5) is 0 Å². The Labute approximate surface area is 125 Å². The van der Waals surface area contributed by atoms with Gasteiger partial charge in [-0.15, -0.1) is 11.8 Å². The van der Waals surface area contributed by atoms with Crippen molar-refractivity contribution >= 4 is 23.4 Å². The van der Waals surface area contributed by atoms with Gasteiger partial charge in [0.1, 0.15) is 0 Å². The van der Waals surface area contributed by atoms with E-state index in [1.165, 1.54) is 5.56 Å². The van der Waals surface area contributed by atoms with Crippen molar-refractivity contribution in [3.63, 3.8) is 0 Å². The molecule has 0 aliphatic carbocycles. The largest absolute Gasteiger partial charge is 0.392 e. The van der Waals surface area contributed by atoms with E-state index in [1.807, 2.05) is 26.0 Å². The molecule has 0 bridgehead atoms. The third-order valence-electron chi connectivity index (χ3n) is 2.90. The van der Waals surface area contributed by atoms with Gasteiger partial charge >= 0.3 is 0 Å². The molecule has 0 heterocycles. The first kappa shape index (κ1) is 16.8. The molecule has 1 aromatic carbocycles. The zero-order valence-electron chi connectivity index (χ0n) is 12.1. The van der Waals surface area contributed by atoms with Crippen LogP contribution < -0.4 is 5.32 Å². The summed E-state index contributed by atoms with van der Waals surface area (Å²) in [5, 5.41) is 14.0. The second-order valence-electron chi connectivity index (χ2n) is 5.32. The number of rotatable bonds is 7. The summed E-state index contributed by atoms with van der Waals surface area (Å²) in [4.78, 5) is 1.08. The van der Waals surface area contributed by atoms with Crippen LogP contribution in [0, 0.1) is 5.92 Å². The Morgan fingerprint density at radius 1 is 1.26 bits per heavy atom. The van der Waals surface area contributed by atoms with Gasteiger partial charge in [-0.2, -0.15) is 0 Å². The minimum absolute atomic E-state index is 0.128. The Morgan fingerprint density at radius 2 is 1.95 bits per heavy atom.